The van der Waals surface area contributed by atoms with Crippen molar-refractivity contribution >= 4 is 17.6 Å². The van der Waals surface area contributed by atoms with Gasteiger partial charge in [0, 0.05) is 44.3 Å². The van der Waals surface area contributed by atoms with E-state index in [0.717, 1.165) is 43.3 Å². The number of amides is 2. The summed E-state index contributed by atoms with van der Waals surface area (Å²) in [7, 11) is 0. The summed E-state index contributed by atoms with van der Waals surface area (Å²) in [6.45, 7) is 7.00. The number of nitrogens with zero attached hydrogens (tertiary/aromatic N) is 3. The van der Waals surface area contributed by atoms with E-state index in [1.807, 2.05) is 28.0 Å². The van der Waals surface area contributed by atoms with Crippen molar-refractivity contribution in [1.82, 2.24) is 14.7 Å². The Hall–Kier alpha value is -2.04. The number of hydrogen-bond donors (Lipinski definition) is 0. The number of halogens is 1. The van der Waals surface area contributed by atoms with E-state index in [4.69, 9.17) is 11.6 Å². The van der Waals surface area contributed by atoms with Crippen LogP contribution in [0.15, 0.2) is 48.5 Å². The molecule has 2 amide bonds. The number of aryl methyl sites for hydroxylation is 1. The fourth-order valence-corrected chi connectivity index (χ4v) is 4.09. The van der Waals surface area contributed by atoms with Crippen LogP contribution in [0.25, 0.3) is 0 Å². The summed E-state index contributed by atoms with van der Waals surface area (Å²) in [6, 6.07) is 16.9. The summed E-state index contributed by atoms with van der Waals surface area (Å²) in [4.78, 5) is 19.2. The summed E-state index contributed by atoms with van der Waals surface area (Å²) in [6.07, 6.45) is 0. The first kappa shape index (κ1) is 17.4. The lowest BCUT2D eigenvalue weighted by Crippen LogP contribution is -2.51. The third-order valence-corrected chi connectivity index (χ3v) is 5.73. The van der Waals surface area contributed by atoms with Crippen molar-refractivity contribution in [2.75, 3.05) is 26.2 Å². The second kappa shape index (κ2) is 7.29. The lowest BCUT2D eigenvalue weighted by molar-refractivity contribution is 0.116. The summed E-state index contributed by atoms with van der Waals surface area (Å²) in [5.41, 5.74) is 3.59. The molecule has 0 radical (unpaired) electrons. The lowest BCUT2D eigenvalue weighted by atomic mass is 10.1. The second-order valence-electron chi connectivity index (χ2n) is 7.32. The predicted molar refractivity (Wildman–Crippen MR) is 104 cm³/mol. The first-order valence-corrected chi connectivity index (χ1v) is 9.55. The van der Waals surface area contributed by atoms with Crippen LogP contribution in [0.1, 0.15) is 16.7 Å². The minimum Gasteiger partial charge on any atom is -0.318 e. The molecule has 2 aliphatic rings. The highest BCUT2D eigenvalue weighted by Crippen LogP contribution is 2.25. The standard InChI is InChI=1S/C21H24ClN3O/c1-16-6-8-17(9-7-16)12-24-15-19-14-23(10-11-25(19)21(24)26)13-18-4-2-3-5-20(18)22/h2-9,19H,10-15H2,1H3/t19-/m1/s1. The molecule has 0 unspecified atom stereocenters. The normalized spacial score (nSPS) is 20.5. The molecule has 0 saturated carbocycles. The third-order valence-electron chi connectivity index (χ3n) is 5.36. The van der Waals surface area contributed by atoms with Gasteiger partial charge < -0.3 is 9.80 Å². The van der Waals surface area contributed by atoms with Crippen LogP contribution in [-0.2, 0) is 13.1 Å². The van der Waals surface area contributed by atoms with Crippen molar-refractivity contribution in [2.45, 2.75) is 26.1 Å². The van der Waals surface area contributed by atoms with E-state index in [9.17, 15) is 4.79 Å². The number of rotatable bonds is 4. The van der Waals surface area contributed by atoms with Crippen LogP contribution in [0.4, 0.5) is 4.79 Å². The van der Waals surface area contributed by atoms with Gasteiger partial charge in [-0.2, -0.15) is 0 Å². The number of piperazine rings is 1. The SMILES string of the molecule is Cc1ccc(CN2C[C@H]3CN(Cc4ccccc4Cl)CCN3C2=O)cc1. The molecule has 5 heteroatoms. The van der Waals surface area contributed by atoms with Crippen molar-refractivity contribution in [3.8, 4) is 0 Å². The van der Waals surface area contributed by atoms with Crippen molar-refractivity contribution in [1.29, 1.82) is 0 Å². The van der Waals surface area contributed by atoms with Crippen LogP contribution in [0.2, 0.25) is 5.02 Å². The molecule has 0 spiro atoms. The quantitative estimate of drug-likeness (QED) is 0.820. The first-order valence-electron chi connectivity index (χ1n) is 9.17. The molecule has 4 rings (SSSR count). The van der Waals surface area contributed by atoms with Crippen molar-refractivity contribution in [2.24, 2.45) is 0 Å². The van der Waals surface area contributed by atoms with Gasteiger partial charge in [0.05, 0.1) is 6.04 Å². The molecule has 0 aromatic heterocycles. The van der Waals surface area contributed by atoms with Crippen molar-refractivity contribution in [3.63, 3.8) is 0 Å². The van der Waals surface area contributed by atoms with Crippen LogP contribution in [-0.4, -0.2) is 53.0 Å². The number of urea groups is 1. The molecule has 0 N–H and O–H groups in total. The Balaban J connectivity index is 1.40. The van der Waals surface area contributed by atoms with Crippen LogP contribution in [0, 0.1) is 6.92 Å². The van der Waals surface area contributed by atoms with Gasteiger partial charge in [-0.05, 0) is 24.1 Å². The molecule has 4 nitrogen and oxygen atoms in total. The molecule has 0 aliphatic carbocycles. The molecule has 2 aliphatic heterocycles. The van der Waals surface area contributed by atoms with E-state index in [1.165, 1.54) is 11.1 Å². The Bertz CT molecular complexity index is 792. The van der Waals surface area contributed by atoms with Crippen LogP contribution in [0.5, 0.6) is 0 Å². The maximum absolute atomic E-state index is 12.7. The molecule has 0 bridgehead atoms. The van der Waals surface area contributed by atoms with E-state index in [-0.39, 0.29) is 12.1 Å². The summed E-state index contributed by atoms with van der Waals surface area (Å²) in [5.74, 6) is 0. The van der Waals surface area contributed by atoms with Gasteiger partial charge in [-0.25, -0.2) is 4.79 Å². The zero-order valence-electron chi connectivity index (χ0n) is 15.1. The largest absolute Gasteiger partial charge is 0.320 e. The summed E-state index contributed by atoms with van der Waals surface area (Å²) in [5, 5.41) is 0.818. The third kappa shape index (κ3) is 3.57. The Morgan fingerprint density at radius 2 is 1.77 bits per heavy atom. The highest BCUT2D eigenvalue weighted by molar-refractivity contribution is 6.31. The number of benzene rings is 2. The number of carbonyl (C=O) groups is 1. The van der Waals surface area contributed by atoms with Crippen LogP contribution < -0.4 is 0 Å². The van der Waals surface area contributed by atoms with Gasteiger partial charge in [0.1, 0.15) is 0 Å². The highest BCUT2D eigenvalue weighted by atomic mass is 35.5. The topological polar surface area (TPSA) is 26.8 Å². The van der Waals surface area contributed by atoms with E-state index in [0.29, 0.717) is 6.54 Å². The van der Waals surface area contributed by atoms with E-state index in [1.54, 1.807) is 0 Å². The van der Waals surface area contributed by atoms with Gasteiger partial charge in [-0.15, -0.1) is 0 Å². The molecule has 26 heavy (non-hydrogen) atoms. The molecular formula is C21H24ClN3O. The molecule has 136 valence electrons. The average Bonchev–Trinajstić information content (AvgIpc) is 2.94. The van der Waals surface area contributed by atoms with Gasteiger partial charge >= 0.3 is 6.03 Å². The fourth-order valence-electron chi connectivity index (χ4n) is 3.90. The Labute approximate surface area is 160 Å². The van der Waals surface area contributed by atoms with E-state index in [2.05, 4.69) is 42.2 Å². The molecule has 2 saturated heterocycles. The maximum Gasteiger partial charge on any atom is 0.320 e. The van der Waals surface area contributed by atoms with E-state index >= 15 is 0 Å². The minimum atomic E-state index is 0.174. The van der Waals surface area contributed by atoms with Gasteiger partial charge in [-0.1, -0.05) is 59.6 Å². The molecule has 1 atom stereocenters. The first-order chi connectivity index (χ1) is 12.6. The van der Waals surface area contributed by atoms with Gasteiger partial charge in [0.25, 0.3) is 0 Å². The van der Waals surface area contributed by atoms with Gasteiger partial charge in [-0.3, -0.25) is 4.90 Å². The van der Waals surface area contributed by atoms with Crippen molar-refractivity contribution < 1.29 is 4.79 Å². The predicted octanol–water partition coefficient (Wildman–Crippen LogP) is 3.77. The zero-order chi connectivity index (χ0) is 18.1. The van der Waals surface area contributed by atoms with Crippen molar-refractivity contribution in [3.05, 3.63) is 70.2 Å². The zero-order valence-corrected chi connectivity index (χ0v) is 15.8. The van der Waals surface area contributed by atoms with Gasteiger partial charge in [0.2, 0.25) is 0 Å². The minimum absolute atomic E-state index is 0.174. The summed E-state index contributed by atoms with van der Waals surface area (Å²) >= 11 is 6.30. The number of hydrogen-bond acceptors (Lipinski definition) is 2. The fraction of sp³-hybridized carbons (Fsp3) is 0.381. The molecular weight excluding hydrogens is 346 g/mol. The highest BCUT2D eigenvalue weighted by Gasteiger charge is 2.40. The second-order valence-corrected chi connectivity index (χ2v) is 7.73. The van der Waals surface area contributed by atoms with Crippen LogP contribution >= 0.6 is 11.6 Å². The lowest BCUT2D eigenvalue weighted by Gasteiger charge is -2.36. The van der Waals surface area contributed by atoms with Gasteiger partial charge in [0.15, 0.2) is 0 Å². The maximum atomic E-state index is 12.7. The number of carbonyl (C=O) groups excluding carboxylic acids is 1. The molecule has 2 aromatic carbocycles. The average molecular weight is 370 g/mol. The molecule has 2 heterocycles. The monoisotopic (exact) mass is 369 g/mol. The molecule has 2 aromatic rings. The Morgan fingerprint density at radius 1 is 1.00 bits per heavy atom. The van der Waals surface area contributed by atoms with E-state index < -0.39 is 0 Å². The molecule has 2 fully saturated rings. The smallest absolute Gasteiger partial charge is 0.318 e. The number of fused-ring (bicyclic) bond motifs is 1. The Morgan fingerprint density at radius 3 is 2.54 bits per heavy atom. The van der Waals surface area contributed by atoms with Crippen LogP contribution in [0.3, 0.4) is 0 Å². The summed E-state index contributed by atoms with van der Waals surface area (Å²) < 4.78 is 0. The Kier molecular flexibility index (Phi) is 4.88.